The molecule has 1 atom stereocenters. The Hall–Kier alpha value is -1.26. The van der Waals surface area contributed by atoms with Gasteiger partial charge in [0, 0.05) is 16.7 Å². The van der Waals surface area contributed by atoms with Crippen LogP contribution in [0.2, 0.25) is 0 Å². The molecule has 1 aromatic heterocycles. The van der Waals surface area contributed by atoms with Crippen LogP contribution in [0.3, 0.4) is 0 Å². The lowest BCUT2D eigenvalue weighted by molar-refractivity contribution is 0.587. The third kappa shape index (κ3) is 3.11. The highest BCUT2D eigenvalue weighted by atomic mass is 79.9. The van der Waals surface area contributed by atoms with Crippen LogP contribution in [0.4, 0.5) is 0 Å². The fraction of sp³-hybridized carbons (Fsp3) is 0.231. The molecule has 2 aromatic rings. The van der Waals surface area contributed by atoms with E-state index in [0.29, 0.717) is 0 Å². The molecule has 4 heteroatoms. The van der Waals surface area contributed by atoms with Crippen molar-refractivity contribution in [3.05, 3.63) is 58.3 Å². The van der Waals surface area contributed by atoms with Crippen LogP contribution in [0.1, 0.15) is 17.2 Å². The van der Waals surface area contributed by atoms with E-state index in [2.05, 4.69) is 49.6 Å². The topological polar surface area (TPSA) is 37.8 Å². The molecule has 1 unspecified atom stereocenters. The minimum Gasteiger partial charge on any atom is -0.313 e. The van der Waals surface area contributed by atoms with Crippen molar-refractivity contribution in [3.8, 4) is 0 Å². The number of hydrogen-bond acceptors (Lipinski definition) is 3. The second-order valence-electron chi connectivity index (χ2n) is 3.81. The summed E-state index contributed by atoms with van der Waals surface area (Å²) in [6.45, 7) is 0. The van der Waals surface area contributed by atoms with E-state index in [1.807, 2.05) is 19.2 Å². The van der Waals surface area contributed by atoms with Gasteiger partial charge in [-0.15, -0.1) is 0 Å². The lowest BCUT2D eigenvalue weighted by Crippen LogP contribution is -2.19. The summed E-state index contributed by atoms with van der Waals surface area (Å²) >= 11 is 3.57. The van der Waals surface area contributed by atoms with Crippen LogP contribution in [0.25, 0.3) is 0 Å². The Kier molecular flexibility index (Phi) is 4.23. The summed E-state index contributed by atoms with van der Waals surface area (Å²) in [6, 6.07) is 10.5. The highest BCUT2D eigenvalue weighted by molar-refractivity contribution is 9.10. The molecule has 0 aliphatic heterocycles. The van der Waals surface area contributed by atoms with Gasteiger partial charge in [0.15, 0.2) is 0 Å². The van der Waals surface area contributed by atoms with Crippen molar-refractivity contribution in [3.63, 3.8) is 0 Å². The maximum absolute atomic E-state index is 3.92. The molecule has 1 heterocycles. The van der Waals surface area contributed by atoms with E-state index in [1.54, 1.807) is 12.4 Å². The van der Waals surface area contributed by atoms with Crippen LogP contribution >= 0.6 is 15.9 Å². The standard InChI is InChI=1S/C13H14BrN3/c1-15-13(11-6-7-16-17-9-11)8-10-4-2-3-5-12(10)14/h2-7,9,13,15H,8H2,1H3. The molecular formula is C13H14BrN3. The van der Waals surface area contributed by atoms with E-state index < -0.39 is 0 Å². The quantitative estimate of drug-likeness (QED) is 0.941. The van der Waals surface area contributed by atoms with Gasteiger partial charge in [-0.3, -0.25) is 0 Å². The molecule has 0 radical (unpaired) electrons. The van der Waals surface area contributed by atoms with Crippen molar-refractivity contribution in [1.82, 2.24) is 15.5 Å². The molecule has 0 bridgehead atoms. The summed E-state index contributed by atoms with van der Waals surface area (Å²) in [5, 5.41) is 11.0. The molecule has 0 aliphatic rings. The van der Waals surface area contributed by atoms with Gasteiger partial charge in [0.2, 0.25) is 0 Å². The molecule has 1 N–H and O–H groups in total. The molecule has 0 amide bonds. The van der Waals surface area contributed by atoms with Gasteiger partial charge in [-0.05, 0) is 36.7 Å². The summed E-state index contributed by atoms with van der Waals surface area (Å²) in [5.74, 6) is 0. The second-order valence-corrected chi connectivity index (χ2v) is 4.67. The minimum absolute atomic E-state index is 0.254. The van der Waals surface area contributed by atoms with Gasteiger partial charge in [0.05, 0.1) is 6.20 Å². The third-order valence-electron chi connectivity index (χ3n) is 2.74. The Bertz CT molecular complexity index is 473. The summed E-state index contributed by atoms with van der Waals surface area (Å²) < 4.78 is 1.14. The predicted molar refractivity (Wildman–Crippen MR) is 71.7 cm³/mol. The molecule has 0 aliphatic carbocycles. The average Bonchev–Trinajstić information content (AvgIpc) is 2.39. The normalized spacial score (nSPS) is 12.4. The summed E-state index contributed by atoms with van der Waals surface area (Å²) in [4.78, 5) is 0. The largest absolute Gasteiger partial charge is 0.313 e. The zero-order chi connectivity index (χ0) is 12.1. The van der Waals surface area contributed by atoms with Crippen molar-refractivity contribution in [2.24, 2.45) is 0 Å². The first-order valence-corrected chi connectivity index (χ1v) is 6.28. The molecule has 2 rings (SSSR count). The number of likely N-dealkylation sites (N-methyl/N-ethyl adjacent to an activating group) is 1. The summed E-state index contributed by atoms with van der Waals surface area (Å²) in [5.41, 5.74) is 2.43. The number of nitrogens with zero attached hydrogens (tertiary/aromatic N) is 2. The number of rotatable bonds is 4. The van der Waals surface area contributed by atoms with Gasteiger partial charge in [-0.1, -0.05) is 34.1 Å². The molecule has 0 saturated heterocycles. The first kappa shape index (κ1) is 12.2. The van der Waals surface area contributed by atoms with E-state index in [9.17, 15) is 0 Å². The van der Waals surface area contributed by atoms with Crippen LogP contribution in [0.5, 0.6) is 0 Å². The van der Waals surface area contributed by atoms with Gasteiger partial charge in [0.1, 0.15) is 0 Å². The molecule has 17 heavy (non-hydrogen) atoms. The third-order valence-corrected chi connectivity index (χ3v) is 3.51. The van der Waals surface area contributed by atoms with Gasteiger partial charge >= 0.3 is 0 Å². The van der Waals surface area contributed by atoms with Crippen molar-refractivity contribution >= 4 is 15.9 Å². The van der Waals surface area contributed by atoms with Crippen molar-refractivity contribution in [1.29, 1.82) is 0 Å². The number of benzene rings is 1. The predicted octanol–water partition coefficient (Wildman–Crippen LogP) is 2.74. The first-order chi connectivity index (χ1) is 8.31. The zero-order valence-corrected chi connectivity index (χ0v) is 11.2. The Labute approximate surface area is 109 Å². The smallest absolute Gasteiger partial charge is 0.0544 e. The number of halogens is 1. The van der Waals surface area contributed by atoms with Gasteiger partial charge in [-0.25, -0.2) is 0 Å². The summed E-state index contributed by atoms with van der Waals surface area (Å²) in [7, 11) is 1.96. The number of hydrogen-bond donors (Lipinski definition) is 1. The van der Waals surface area contributed by atoms with E-state index in [1.165, 1.54) is 5.56 Å². The highest BCUT2D eigenvalue weighted by Gasteiger charge is 2.11. The fourth-order valence-corrected chi connectivity index (χ4v) is 2.22. The van der Waals surface area contributed by atoms with Crippen LogP contribution < -0.4 is 5.32 Å². The van der Waals surface area contributed by atoms with Crippen molar-refractivity contribution < 1.29 is 0 Å². The van der Waals surface area contributed by atoms with E-state index >= 15 is 0 Å². The molecule has 3 nitrogen and oxygen atoms in total. The van der Waals surface area contributed by atoms with Gasteiger partial charge < -0.3 is 5.32 Å². The fourth-order valence-electron chi connectivity index (χ4n) is 1.78. The molecule has 0 fully saturated rings. The maximum Gasteiger partial charge on any atom is 0.0544 e. The Morgan fingerprint density at radius 2 is 2.06 bits per heavy atom. The minimum atomic E-state index is 0.254. The monoisotopic (exact) mass is 291 g/mol. The molecule has 0 saturated carbocycles. The highest BCUT2D eigenvalue weighted by Crippen LogP contribution is 2.22. The van der Waals surface area contributed by atoms with Crippen LogP contribution in [-0.2, 0) is 6.42 Å². The van der Waals surface area contributed by atoms with Crippen LogP contribution in [0, 0.1) is 0 Å². The zero-order valence-electron chi connectivity index (χ0n) is 9.60. The number of nitrogens with one attached hydrogen (secondary N) is 1. The Morgan fingerprint density at radius 1 is 1.24 bits per heavy atom. The van der Waals surface area contributed by atoms with E-state index in [-0.39, 0.29) is 6.04 Å². The van der Waals surface area contributed by atoms with Crippen LogP contribution in [0.15, 0.2) is 47.2 Å². The van der Waals surface area contributed by atoms with Crippen molar-refractivity contribution in [2.75, 3.05) is 7.05 Å². The van der Waals surface area contributed by atoms with Crippen molar-refractivity contribution in [2.45, 2.75) is 12.5 Å². The average molecular weight is 292 g/mol. The van der Waals surface area contributed by atoms with Crippen LogP contribution in [-0.4, -0.2) is 17.2 Å². The van der Waals surface area contributed by atoms with Gasteiger partial charge in [-0.2, -0.15) is 10.2 Å². The summed E-state index contributed by atoms with van der Waals surface area (Å²) in [6.07, 6.45) is 4.45. The van der Waals surface area contributed by atoms with E-state index in [0.717, 1.165) is 16.5 Å². The lowest BCUT2D eigenvalue weighted by Gasteiger charge is -2.16. The molecule has 0 spiro atoms. The Balaban J connectivity index is 2.19. The van der Waals surface area contributed by atoms with E-state index in [4.69, 9.17) is 0 Å². The molecular weight excluding hydrogens is 278 g/mol. The lowest BCUT2D eigenvalue weighted by atomic mass is 10.0. The SMILES string of the molecule is CNC(Cc1ccccc1Br)c1ccnnc1. The maximum atomic E-state index is 3.92. The Morgan fingerprint density at radius 3 is 2.71 bits per heavy atom. The second kappa shape index (κ2) is 5.89. The molecule has 1 aromatic carbocycles. The van der Waals surface area contributed by atoms with Gasteiger partial charge in [0.25, 0.3) is 0 Å². The first-order valence-electron chi connectivity index (χ1n) is 5.48. The molecule has 88 valence electrons. The number of aromatic nitrogens is 2.